The Morgan fingerprint density at radius 3 is 2.81 bits per heavy atom. The molecule has 0 radical (unpaired) electrons. The van der Waals surface area contributed by atoms with Crippen LogP contribution in [0.15, 0.2) is 41.5 Å². The van der Waals surface area contributed by atoms with Crippen LogP contribution in [0.1, 0.15) is 29.6 Å². The lowest BCUT2D eigenvalue weighted by molar-refractivity contribution is -0.0554. The molecule has 9 nitrogen and oxygen atoms in total. The monoisotopic (exact) mass is 430 g/mol. The van der Waals surface area contributed by atoms with Crippen molar-refractivity contribution in [1.82, 2.24) is 4.98 Å². The predicted octanol–water partition coefficient (Wildman–Crippen LogP) is 2.90. The van der Waals surface area contributed by atoms with Crippen molar-refractivity contribution in [1.29, 1.82) is 5.41 Å². The molecule has 1 aromatic heterocycles. The number of aromatic nitrogens is 1. The van der Waals surface area contributed by atoms with Gasteiger partial charge in [-0.3, -0.25) is 10.2 Å². The molecule has 164 valence electrons. The van der Waals surface area contributed by atoms with Crippen LogP contribution in [0.4, 0.5) is 31.8 Å². The van der Waals surface area contributed by atoms with Crippen LogP contribution < -0.4 is 27.5 Å². The minimum absolute atomic E-state index is 0.143. The van der Waals surface area contributed by atoms with Crippen LogP contribution in [0.2, 0.25) is 0 Å². The highest BCUT2D eigenvalue weighted by Crippen LogP contribution is 2.34. The van der Waals surface area contributed by atoms with Crippen LogP contribution in [0.5, 0.6) is 0 Å². The molecule has 0 aliphatic heterocycles. The van der Waals surface area contributed by atoms with Gasteiger partial charge in [-0.25, -0.2) is 13.8 Å². The van der Waals surface area contributed by atoms with E-state index in [4.69, 9.17) is 16.9 Å². The fourth-order valence-electron chi connectivity index (χ4n) is 3.34. The maximum absolute atomic E-state index is 13.9. The first-order valence-electron chi connectivity index (χ1n) is 9.66. The number of primary amides is 1. The summed E-state index contributed by atoms with van der Waals surface area (Å²) in [6.45, 7) is 0. The summed E-state index contributed by atoms with van der Waals surface area (Å²) in [7, 11) is 0. The number of nitrogens with zero attached hydrogens (tertiary/aromatic N) is 2. The Kier molecular flexibility index (Phi) is 6.75. The van der Waals surface area contributed by atoms with E-state index in [0.29, 0.717) is 30.0 Å². The van der Waals surface area contributed by atoms with E-state index in [1.807, 2.05) is 0 Å². The lowest BCUT2D eigenvalue weighted by Gasteiger charge is -2.36. The number of nitrogens with one attached hydrogen (secondary N) is 4. The molecule has 1 saturated carbocycles. The van der Waals surface area contributed by atoms with Crippen LogP contribution in [0.3, 0.4) is 0 Å². The molecule has 11 heteroatoms. The largest absolute Gasteiger partial charge is 0.365 e. The van der Waals surface area contributed by atoms with E-state index in [1.54, 1.807) is 24.3 Å². The third-order valence-electron chi connectivity index (χ3n) is 4.91. The number of carbonyl (C=O) groups excluding carboxylic acids is 1. The Labute approximate surface area is 177 Å². The fraction of sp³-hybridized carbons (Fsp3) is 0.300. The molecular weight excluding hydrogens is 406 g/mol. The molecule has 2 atom stereocenters. The summed E-state index contributed by atoms with van der Waals surface area (Å²) in [5.41, 5.74) is 15.3. The number of halogens is 2. The Morgan fingerprint density at radius 2 is 2.06 bits per heavy atom. The first kappa shape index (κ1) is 22.1. The summed E-state index contributed by atoms with van der Waals surface area (Å²) >= 11 is 0. The van der Waals surface area contributed by atoms with E-state index in [1.165, 1.54) is 18.3 Å². The Bertz CT molecular complexity index is 981. The molecule has 3 rings (SSSR count). The lowest BCUT2D eigenvalue weighted by atomic mass is 9.87. The zero-order valence-electron chi connectivity index (χ0n) is 16.6. The second kappa shape index (κ2) is 9.47. The van der Waals surface area contributed by atoms with Gasteiger partial charge in [0, 0.05) is 24.4 Å². The number of alkyl halides is 2. The Balaban J connectivity index is 1.82. The first-order valence-corrected chi connectivity index (χ1v) is 9.66. The Morgan fingerprint density at radius 1 is 1.29 bits per heavy atom. The third kappa shape index (κ3) is 5.51. The summed E-state index contributed by atoms with van der Waals surface area (Å²) < 4.78 is 27.9. The zero-order chi connectivity index (χ0) is 22.4. The van der Waals surface area contributed by atoms with Crippen LogP contribution in [0.25, 0.3) is 0 Å². The number of carbonyl (C=O) groups is 1. The number of anilines is 4. The molecule has 2 aromatic rings. The summed E-state index contributed by atoms with van der Waals surface area (Å²) in [4.78, 5) is 16.2. The molecule has 0 saturated heterocycles. The highest BCUT2D eigenvalue weighted by Gasteiger charge is 2.44. The summed E-state index contributed by atoms with van der Waals surface area (Å²) in [5.74, 6) is -3.16. The van der Waals surface area contributed by atoms with Gasteiger partial charge in [-0.15, -0.1) is 0 Å². The van der Waals surface area contributed by atoms with E-state index >= 15 is 0 Å². The second-order valence-electron chi connectivity index (χ2n) is 7.15. The van der Waals surface area contributed by atoms with Gasteiger partial charge in [0.2, 0.25) is 0 Å². The molecule has 1 aliphatic rings. The summed E-state index contributed by atoms with van der Waals surface area (Å²) in [6, 6.07) is 7.97. The van der Waals surface area contributed by atoms with E-state index < -0.39 is 23.9 Å². The van der Waals surface area contributed by atoms with Crippen molar-refractivity contribution in [2.75, 3.05) is 16.1 Å². The zero-order valence-corrected chi connectivity index (χ0v) is 16.6. The fourth-order valence-corrected chi connectivity index (χ4v) is 3.34. The maximum Gasteiger partial charge on any atom is 0.264 e. The van der Waals surface area contributed by atoms with Crippen LogP contribution in [-0.4, -0.2) is 41.3 Å². The summed E-state index contributed by atoms with van der Waals surface area (Å²) in [5, 5.41) is 16.8. The molecular formula is C20H24F2N8O. The van der Waals surface area contributed by atoms with Gasteiger partial charge in [0.05, 0.1) is 23.5 Å². The van der Waals surface area contributed by atoms with Gasteiger partial charge in [-0.1, -0.05) is 6.07 Å². The standard InChI is InChI=1S/C20H24F2N8O/c21-20(22)8-2-5-15(17(20)24)28-16-7-6-14(18(25)31)19(29-16)27-12-3-1-4-13(11-12)30-26-10-9-23/h1,3-4,6-7,9-11,15,17,23,30H,2,5,8,24H2,(H2,25,31)(H2,27,28,29)/b23-9?,26-10-/t15-,17-/m1/s1. The van der Waals surface area contributed by atoms with Crippen molar-refractivity contribution in [2.24, 2.45) is 16.6 Å². The number of rotatable bonds is 8. The van der Waals surface area contributed by atoms with Gasteiger partial charge in [0.1, 0.15) is 11.6 Å². The molecule has 8 N–H and O–H groups in total. The van der Waals surface area contributed by atoms with Crippen LogP contribution in [0, 0.1) is 5.41 Å². The minimum Gasteiger partial charge on any atom is -0.365 e. The quantitative estimate of drug-likeness (QED) is 0.279. The molecule has 0 spiro atoms. The van der Waals surface area contributed by atoms with Crippen molar-refractivity contribution in [3.8, 4) is 0 Å². The molecule has 1 aliphatic carbocycles. The van der Waals surface area contributed by atoms with Gasteiger partial charge in [0.15, 0.2) is 0 Å². The van der Waals surface area contributed by atoms with E-state index in [2.05, 4.69) is 26.1 Å². The van der Waals surface area contributed by atoms with Crippen molar-refractivity contribution >= 4 is 41.3 Å². The molecule has 1 heterocycles. The number of hydrogen-bond acceptors (Lipinski definition) is 8. The first-order chi connectivity index (χ1) is 14.8. The van der Waals surface area contributed by atoms with Gasteiger partial charge in [-0.2, -0.15) is 5.10 Å². The van der Waals surface area contributed by atoms with Gasteiger partial charge >= 0.3 is 0 Å². The van der Waals surface area contributed by atoms with Crippen molar-refractivity contribution < 1.29 is 13.6 Å². The lowest BCUT2D eigenvalue weighted by Crippen LogP contribution is -2.55. The number of hydrogen-bond donors (Lipinski definition) is 6. The number of hydrazone groups is 1. The highest BCUT2D eigenvalue weighted by molar-refractivity contribution is 6.14. The number of nitrogens with two attached hydrogens (primary N) is 2. The van der Waals surface area contributed by atoms with E-state index in [-0.39, 0.29) is 17.8 Å². The number of amides is 1. The third-order valence-corrected chi connectivity index (χ3v) is 4.91. The normalized spacial score (nSPS) is 20.2. The van der Waals surface area contributed by atoms with Crippen LogP contribution >= 0.6 is 0 Å². The van der Waals surface area contributed by atoms with E-state index in [0.717, 1.165) is 6.21 Å². The molecule has 1 aromatic carbocycles. The molecule has 0 bridgehead atoms. The van der Waals surface area contributed by atoms with Crippen LogP contribution in [-0.2, 0) is 0 Å². The molecule has 0 unspecified atom stereocenters. The molecule has 1 amide bonds. The van der Waals surface area contributed by atoms with Crippen molar-refractivity contribution in [3.05, 3.63) is 42.0 Å². The van der Waals surface area contributed by atoms with Crippen molar-refractivity contribution in [2.45, 2.75) is 37.3 Å². The smallest absolute Gasteiger partial charge is 0.264 e. The molecule has 31 heavy (non-hydrogen) atoms. The average molecular weight is 430 g/mol. The predicted molar refractivity (Wildman–Crippen MR) is 118 cm³/mol. The number of pyridine rings is 1. The second-order valence-corrected chi connectivity index (χ2v) is 7.15. The number of benzene rings is 1. The van der Waals surface area contributed by atoms with E-state index in [9.17, 15) is 13.6 Å². The topological polar surface area (TPSA) is 154 Å². The minimum atomic E-state index is -2.95. The molecule has 1 fully saturated rings. The summed E-state index contributed by atoms with van der Waals surface area (Å²) in [6.07, 6.45) is 2.92. The Hall–Kier alpha value is -3.60. The maximum atomic E-state index is 13.9. The van der Waals surface area contributed by atoms with Gasteiger partial charge in [0.25, 0.3) is 11.8 Å². The average Bonchev–Trinajstić information content (AvgIpc) is 2.72. The highest BCUT2D eigenvalue weighted by atomic mass is 19.3. The van der Waals surface area contributed by atoms with Gasteiger partial charge in [-0.05, 0) is 43.2 Å². The van der Waals surface area contributed by atoms with Gasteiger partial charge < -0.3 is 27.5 Å². The SMILES string of the molecule is N=C/C=N\Nc1cccc(Nc2nc(N[C@@H]3CCCC(F)(F)[C@@H]3N)ccc2C(N)=O)c1. The van der Waals surface area contributed by atoms with Crippen molar-refractivity contribution in [3.63, 3.8) is 0 Å².